The summed E-state index contributed by atoms with van der Waals surface area (Å²) in [4.78, 5) is 17.5. The molecule has 1 aromatic heterocycles. The van der Waals surface area contributed by atoms with Crippen LogP contribution in [0.3, 0.4) is 0 Å². The van der Waals surface area contributed by atoms with E-state index in [2.05, 4.69) is 22.0 Å². The first-order valence-corrected chi connectivity index (χ1v) is 8.97. The van der Waals surface area contributed by atoms with Crippen LogP contribution >= 0.6 is 0 Å². The lowest BCUT2D eigenvalue weighted by Gasteiger charge is -2.30. The number of nitrogens with zero attached hydrogens (tertiary/aromatic N) is 2. The molecule has 1 aromatic rings. The van der Waals surface area contributed by atoms with Crippen LogP contribution in [0.4, 0.5) is 0 Å². The molecule has 1 N–H and O–H groups in total. The van der Waals surface area contributed by atoms with Crippen molar-refractivity contribution in [2.24, 2.45) is 5.92 Å². The third kappa shape index (κ3) is 3.61. The minimum atomic E-state index is -0.337. The molecule has 5 nitrogen and oxygen atoms in total. The van der Waals surface area contributed by atoms with E-state index in [1.165, 1.54) is 25.8 Å². The molecule has 0 aliphatic carbocycles. The summed E-state index contributed by atoms with van der Waals surface area (Å²) in [6.45, 7) is 7.33. The highest BCUT2D eigenvalue weighted by Gasteiger charge is 2.33. The first-order chi connectivity index (χ1) is 11.2. The van der Waals surface area contributed by atoms with Gasteiger partial charge in [0.1, 0.15) is 11.8 Å². The van der Waals surface area contributed by atoms with E-state index in [-0.39, 0.29) is 11.9 Å². The zero-order valence-electron chi connectivity index (χ0n) is 14.4. The molecule has 2 atom stereocenters. The molecule has 0 spiro atoms. The smallest absolute Gasteiger partial charge is 0.247 e. The number of rotatable bonds is 4. The molecular formula is C18H29N3O2. The lowest BCUT2D eigenvalue weighted by atomic mass is 10.0. The second-order valence-electron chi connectivity index (χ2n) is 6.82. The molecule has 1 saturated heterocycles. The lowest BCUT2D eigenvalue weighted by molar-refractivity contribution is -0.134. The predicted molar refractivity (Wildman–Crippen MR) is 90.2 cm³/mol. The monoisotopic (exact) mass is 319 g/mol. The van der Waals surface area contributed by atoms with Gasteiger partial charge in [0.15, 0.2) is 0 Å². The fourth-order valence-electron chi connectivity index (χ4n) is 3.97. The number of hydrogen-bond donors (Lipinski definition) is 1. The molecule has 0 radical (unpaired) electrons. The summed E-state index contributed by atoms with van der Waals surface area (Å²) in [5.74, 6) is 1.55. The van der Waals surface area contributed by atoms with Gasteiger partial charge in [-0.25, -0.2) is 0 Å². The van der Waals surface area contributed by atoms with Crippen LogP contribution in [0.5, 0.6) is 0 Å². The van der Waals surface area contributed by atoms with Crippen LogP contribution in [-0.2, 0) is 11.2 Å². The topological polar surface area (TPSA) is 48.7 Å². The van der Waals surface area contributed by atoms with Crippen molar-refractivity contribution in [2.75, 3.05) is 39.8 Å². The lowest BCUT2D eigenvalue weighted by Crippen LogP contribution is -2.43. The molecular weight excluding hydrogens is 290 g/mol. The van der Waals surface area contributed by atoms with Gasteiger partial charge >= 0.3 is 0 Å². The Morgan fingerprint density at radius 3 is 3.00 bits per heavy atom. The average molecular weight is 319 g/mol. The summed E-state index contributed by atoms with van der Waals surface area (Å²) in [6, 6.07) is 1.66. The van der Waals surface area contributed by atoms with Crippen molar-refractivity contribution in [3.05, 3.63) is 23.7 Å². The molecule has 23 heavy (non-hydrogen) atoms. The first-order valence-electron chi connectivity index (χ1n) is 8.97. The van der Waals surface area contributed by atoms with Crippen molar-refractivity contribution in [1.82, 2.24) is 15.1 Å². The van der Waals surface area contributed by atoms with Gasteiger partial charge in [0, 0.05) is 19.6 Å². The normalized spacial score (nSPS) is 26.7. The van der Waals surface area contributed by atoms with Gasteiger partial charge in [-0.2, -0.15) is 0 Å². The summed E-state index contributed by atoms with van der Waals surface area (Å²) >= 11 is 0. The van der Waals surface area contributed by atoms with Crippen LogP contribution in [0.15, 0.2) is 16.7 Å². The molecule has 128 valence electrons. The van der Waals surface area contributed by atoms with Gasteiger partial charge in [-0.1, -0.05) is 13.3 Å². The Hall–Kier alpha value is -1.33. The molecule has 3 rings (SSSR count). The first kappa shape index (κ1) is 16.5. The number of furan rings is 1. The third-order valence-corrected chi connectivity index (χ3v) is 5.32. The fourth-order valence-corrected chi connectivity index (χ4v) is 3.97. The highest BCUT2D eigenvalue weighted by molar-refractivity contribution is 5.83. The molecule has 0 aromatic carbocycles. The van der Waals surface area contributed by atoms with E-state index in [0.717, 1.165) is 43.9 Å². The quantitative estimate of drug-likeness (QED) is 0.923. The van der Waals surface area contributed by atoms with Crippen molar-refractivity contribution < 1.29 is 9.21 Å². The minimum Gasteiger partial charge on any atom is -0.467 e. The molecule has 1 amide bonds. The minimum absolute atomic E-state index is 0.161. The summed E-state index contributed by atoms with van der Waals surface area (Å²) in [6.07, 6.45) is 6.38. The highest BCUT2D eigenvalue weighted by atomic mass is 16.3. The van der Waals surface area contributed by atoms with Crippen LogP contribution in [0.1, 0.15) is 43.6 Å². The number of hydrogen-bond acceptors (Lipinski definition) is 4. The van der Waals surface area contributed by atoms with Crippen molar-refractivity contribution >= 4 is 5.91 Å². The summed E-state index contributed by atoms with van der Waals surface area (Å²) < 4.78 is 5.58. The molecule has 2 unspecified atom stereocenters. The Morgan fingerprint density at radius 1 is 1.35 bits per heavy atom. The van der Waals surface area contributed by atoms with Gasteiger partial charge in [-0.3, -0.25) is 4.79 Å². The van der Waals surface area contributed by atoms with E-state index < -0.39 is 0 Å². The van der Waals surface area contributed by atoms with E-state index >= 15 is 0 Å². The molecule has 0 saturated carbocycles. The van der Waals surface area contributed by atoms with Crippen LogP contribution in [0.2, 0.25) is 0 Å². The Balaban J connectivity index is 1.70. The maximum Gasteiger partial charge on any atom is 0.247 e. The second kappa shape index (κ2) is 7.49. The number of likely N-dealkylation sites (N-methyl/N-ethyl adjacent to an activating group) is 1. The third-order valence-electron chi connectivity index (χ3n) is 5.32. The van der Waals surface area contributed by atoms with E-state index in [1.807, 2.05) is 13.1 Å². The van der Waals surface area contributed by atoms with E-state index in [9.17, 15) is 4.79 Å². The Labute approximate surface area is 139 Å². The van der Waals surface area contributed by atoms with E-state index in [1.54, 1.807) is 6.26 Å². The van der Waals surface area contributed by atoms with E-state index in [0.29, 0.717) is 5.92 Å². The summed E-state index contributed by atoms with van der Waals surface area (Å²) in [5, 5.41) is 3.14. The van der Waals surface area contributed by atoms with Crippen molar-refractivity contribution in [3.8, 4) is 0 Å². The molecule has 2 aliphatic heterocycles. The maximum atomic E-state index is 12.9. The maximum absolute atomic E-state index is 12.9. The average Bonchev–Trinajstić information content (AvgIpc) is 2.83. The van der Waals surface area contributed by atoms with Gasteiger partial charge in [0.2, 0.25) is 5.91 Å². The van der Waals surface area contributed by atoms with Gasteiger partial charge in [0.05, 0.1) is 6.26 Å². The SMILES string of the molecule is CCN1CCCCC(CN2CCc3ccoc3C(NC)C2=O)C1. The van der Waals surface area contributed by atoms with Crippen LogP contribution in [0, 0.1) is 5.92 Å². The number of nitrogens with one attached hydrogen (secondary N) is 1. The predicted octanol–water partition coefficient (Wildman–Crippen LogP) is 2.05. The van der Waals surface area contributed by atoms with Gasteiger partial charge in [0.25, 0.3) is 0 Å². The number of amides is 1. The van der Waals surface area contributed by atoms with Gasteiger partial charge in [-0.05, 0) is 56.9 Å². The van der Waals surface area contributed by atoms with Crippen molar-refractivity contribution in [3.63, 3.8) is 0 Å². The molecule has 1 fully saturated rings. The van der Waals surface area contributed by atoms with E-state index in [4.69, 9.17) is 4.42 Å². The molecule has 2 aliphatic rings. The molecule has 5 heteroatoms. The fraction of sp³-hybridized carbons (Fsp3) is 0.722. The number of fused-ring (bicyclic) bond motifs is 1. The highest BCUT2D eigenvalue weighted by Crippen LogP contribution is 2.27. The Kier molecular flexibility index (Phi) is 5.38. The number of carbonyl (C=O) groups excluding carboxylic acids is 1. The summed E-state index contributed by atoms with van der Waals surface area (Å²) in [5.41, 5.74) is 1.16. The van der Waals surface area contributed by atoms with Crippen molar-refractivity contribution in [1.29, 1.82) is 0 Å². The molecule has 0 bridgehead atoms. The van der Waals surface area contributed by atoms with Crippen LogP contribution in [-0.4, -0.2) is 55.5 Å². The second-order valence-corrected chi connectivity index (χ2v) is 6.82. The van der Waals surface area contributed by atoms with Crippen LogP contribution in [0.25, 0.3) is 0 Å². The summed E-state index contributed by atoms with van der Waals surface area (Å²) in [7, 11) is 1.84. The zero-order chi connectivity index (χ0) is 16.2. The Bertz CT molecular complexity index is 528. The number of likely N-dealkylation sites (tertiary alicyclic amines) is 1. The van der Waals surface area contributed by atoms with Crippen molar-refractivity contribution in [2.45, 2.75) is 38.6 Å². The van der Waals surface area contributed by atoms with Gasteiger partial charge < -0.3 is 19.5 Å². The molecule has 3 heterocycles. The number of carbonyl (C=O) groups is 1. The zero-order valence-corrected chi connectivity index (χ0v) is 14.4. The van der Waals surface area contributed by atoms with Gasteiger partial charge in [-0.15, -0.1) is 0 Å². The standard InChI is InChI=1S/C18H29N3O2/c1-3-20-9-5-4-6-14(12-20)13-21-10-7-15-8-11-23-17(15)16(19-2)18(21)22/h8,11,14,16,19H,3-7,9-10,12-13H2,1-2H3. The van der Waals surface area contributed by atoms with Crippen LogP contribution < -0.4 is 5.32 Å². The largest absolute Gasteiger partial charge is 0.467 e. The Morgan fingerprint density at radius 2 is 2.22 bits per heavy atom.